The molecule has 0 bridgehead atoms. The van der Waals surface area contributed by atoms with Crippen molar-refractivity contribution in [1.82, 2.24) is 4.98 Å². The van der Waals surface area contributed by atoms with Crippen molar-refractivity contribution < 1.29 is 4.79 Å². The molecule has 0 aliphatic heterocycles. The van der Waals surface area contributed by atoms with Crippen LogP contribution in [-0.2, 0) is 4.79 Å². The number of carbonyl (C=O) groups excluding carboxylic acids is 1. The molecule has 4 aliphatic rings. The second-order valence-electron chi connectivity index (χ2n) is 12.4. The van der Waals surface area contributed by atoms with Gasteiger partial charge in [0.15, 0.2) is 0 Å². The number of hydrogen-bond acceptors (Lipinski definition) is 2. The average Bonchev–Trinajstić information content (AvgIpc) is 2.99. The number of rotatable bonds is 1. The van der Waals surface area contributed by atoms with Gasteiger partial charge < -0.3 is 0 Å². The molecule has 3 saturated carbocycles. The molecule has 162 valence electrons. The zero-order valence-corrected chi connectivity index (χ0v) is 19.8. The third-order valence-corrected chi connectivity index (χ3v) is 11.6. The maximum atomic E-state index is 13.9. The molecule has 2 nitrogen and oxygen atoms in total. The Morgan fingerprint density at radius 3 is 2.47 bits per heavy atom. The van der Waals surface area contributed by atoms with E-state index in [0.717, 1.165) is 19.3 Å². The third kappa shape index (κ3) is 2.16. The molecular weight excluding hydrogens is 366 g/mol. The van der Waals surface area contributed by atoms with Crippen molar-refractivity contribution in [2.24, 2.45) is 38.9 Å². The first-order valence-corrected chi connectivity index (χ1v) is 12.2. The van der Waals surface area contributed by atoms with Crippen LogP contribution in [0.2, 0.25) is 0 Å². The fourth-order valence-corrected chi connectivity index (χ4v) is 9.06. The molecule has 1 heterocycles. The van der Waals surface area contributed by atoms with Gasteiger partial charge in [0.1, 0.15) is 5.78 Å². The van der Waals surface area contributed by atoms with Crippen LogP contribution < -0.4 is 0 Å². The van der Waals surface area contributed by atoms with Crippen LogP contribution in [0.4, 0.5) is 0 Å². The summed E-state index contributed by atoms with van der Waals surface area (Å²) in [7, 11) is 0. The van der Waals surface area contributed by atoms with Crippen molar-refractivity contribution in [3.05, 3.63) is 36.2 Å². The fraction of sp³-hybridized carbons (Fsp3) is 0.714. The SMILES string of the molecule is C[C@H]1CC[C@]2(C)[C@@]3(C)CC[C@]4(C)C(c5cccnc5)=CC[C@@]4(C)[C@@H]3CC(=O)[C@@]2(C)C1. The van der Waals surface area contributed by atoms with E-state index in [-0.39, 0.29) is 27.1 Å². The number of Topliss-reactive ketones (excluding diaryl/α,β-unsaturated/α-hetero) is 1. The summed E-state index contributed by atoms with van der Waals surface area (Å²) < 4.78 is 0. The lowest BCUT2D eigenvalue weighted by Crippen LogP contribution is -2.68. The Balaban J connectivity index is 1.60. The fourth-order valence-electron chi connectivity index (χ4n) is 9.06. The summed E-state index contributed by atoms with van der Waals surface area (Å²) in [6.07, 6.45) is 14.3. The second-order valence-corrected chi connectivity index (χ2v) is 12.4. The predicted molar refractivity (Wildman–Crippen MR) is 123 cm³/mol. The van der Waals surface area contributed by atoms with E-state index in [1.54, 1.807) is 0 Å². The molecule has 1 aromatic heterocycles. The van der Waals surface area contributed by atoms with E-state index in [4.69, 9.17) is 0 Å². The Kier molecular flexibility index (Phi) is 4.15. The number of fused-ring (bicyclic) bond motifs is 5. The van der Waals surface area contributed by atoms with Gasteiger partial charge in [0, 0.05) is 24.2 Å². The zero-order chi connectivity index (χ0) is 21.6. The minimum atomic E-state index is -0.155. The van der Waals surface area contributed by atoms with E-state index < -0.39 is 0 Å². The molecule has 0 aromatic carbocycles. The first-order chi connectivity index (χ1) is 14.0. The molecule has 3 fully saturated rings. The number of nitrogens with zero attached hydrogens (tertiary/aromatic N) is 1. The van der Waals surface area contributed by atoms with Gasteiger partial charge in [0.25, 0.3) is 0 Å². The molecule has 7 atom stereocenters. The number of pyridine rings is 1. The quantitative estimate of drug-likeness (QED) is 0.498. The molecule has 0 spiro atoms. The molecule has 4 aliphatic carbocycles. The van der Waals surface area contributed by atoms with Crippen LogP contribution in [0.1, 0.15) is 92.1 Å². The maximum absolute atomic E-state index is 13.9. The van der Waals surface area contributed by atoms with Crippen molar-refractivity contribution in [2.75, 3.05) is 0 Å². The van der Waals surface area contributed by atoms with E-state index in [2.05, 4.69) is 64.7 Å². The average molecular weight is 406 g/mol. The Morgan fingerprint density at radius 1 is 1.00 bits per heavy atom. The van der Waals surface area contributed by atoms with Gasteiger partial charge in [-0.1, -0.05) is 60.1 Å². The normalized spacial score (nSPS) is 50.3. The Morgan fingerprint density at radius 2 is 1.77 bits per heavy atom. The van der Waals surface area contributed by atoms with Crippen LogP contribution in [0.15, 0.2) is 30.6 Å². The lowest BCUT2D eigenvalue weighted by Gasteiger charge is -2.72. The molecule has 0 saturated heterocycles. The van der Waals surface area contributed by atoms with Crippen LogP contribution in [0.25, 0.3) is 5.57 Å². The summed E-state index contributed by atoms with van der Waals surface area (Å²) in [5, 5.41) is 0. The van der Waals surface area contributed by atoms with Gasteiger partial charge in [0.2, 0.25) is 0 Å². The van der Waals surface area contributed by atoms with Crippen molar-refractivity contribution in [3.63, 3.8) is 0 Å². The second kappa shape index (κ2) is 6.08. The highest BCUT2D eigenvalue weighted by atomic mass is 16.1. The number of ketones is 1. The molecular formula is C28H39NO. The topological polar surface area (TPSA) is 30.0 Å². The van der Waals surface area contributed by atoms with Crippen LogP contribution >= 0.6 is 0 Å². The highest BCUT2D eigenvalue weighted by Crippen LogP contribution is 2.78. The molecule has 5 rings (SSSR count). The van der Waals surface area contributed by atoms with Gasteiger partial charge in [-0.05, 0) is 82.8 Å². The van der Waals surface area contributed by atoms with Crippen molar-refractivity contribution in [1.29, 1.82) is 0 Å². The molecule has 1 aromatic rings. The van der Waals surface area contributed by atoms with Gasteiger partial charge in [-0.15, -0.1) is 0 Å². The summed E-state index contributed by atoms with van der Waals surface area (Å²) in [5.74, 6) is 1.68. The lowest BCUT2D eigenvalue weighted by atomic mass is 9.31. The predicted octanol–water partition coefficient (Wildman–Crippen LogP) is 7.10. The monoisotopic (exact) mass is 405 g/mol. The summed E-state index contributed by atoms with van der Waals surface area (Å²) in [6.45, 7) is 14.8. The molecule has 0 radical (unpaired) electrons. The van der Waals surface area contributed by atoms with Gasteiger partial charge >= 0.3 is 0 Å². The maximum Gasteiger partial charge on any atom is 0.139 e. The standard InChI is InChI=1S/C28H39NO/c1-19-9-12-28(6)26(4)14-13-24(2)21(20-8-7-15-29-18-20)10-11-25(24,3)22(26)16-23(30)27(28,5)17-19/h7-8,10,15,18-19,22H,9,11-14,16-17H2,1-6H3/t19-,22-,24+,25-,26-,27+,28+/m0/s1. The highest BCUT2D eigenvalue weighted by Gasteiger charge is 2.72. The Hall–Kier alpha value is -1.44. The van der Waals surface area contributed by atoms with E-state index >= 15 is 0 Å². The minimum absolute atomic E-state index is 0.105. The molecule has 0 amide bonds. The Labute approximate surface area is 182 Å². The van der Waals surface area contributed by atoms with E-state index in [1.807, 2.05) is 12.4 Å². The van der Waals surface area contributed by atoms with Crippen LogP contribution in [-0.4, -0.2) is 10.8 Å². The van der Waals surface area contributed by atoms with Gasteiger partial charge in [0.05, 0.1) is 0 Å². The summed E-state index contributed by atoms with van der Waals surface area (Å²) >= 11 is 0. The number of aromatic nitrogens is 1. The summed E-state index contributed by atoms with van der Waals surface area (Å²) in [5.41, 5.74) is 3.18. The smallest absolute Gasteiger partial charge is 0.139 e. The van der Waals surface area contributed by atoms with Crippen LogP contribution in [0, 0.1) is 38.9 Å². The van der Waals surface area contributed by atoms with Crippen molar-refractivity contribution in [3.8, 4) is 0 Å². The van der Waals surface area contributed by atoms with Gasteiger partial charge in [-0.2, -0.15) is 0 Å². The number of carbonyl (C=O) groups is 1. The zero-order valence-electron chi connectivity index (χ0n) is 19.8. The Bertz CT molecular complexity index is 920. The van der Waals surface area contributed by atoms with Crippen molar-refractivity contribution >= 4 is 11.4 Å². The van der Waals surface area contributed by atoms with Crippen LogP contribution in [0.3, 0.4) is 0 Å². The van der Waals surface area contributed by atoms with Crippen molar-refractivity contribution in [2.45, 2.75) is 86.5 Å². The van der Waals surface area contributed by atoms with E-state index in [0.29, 0.717) is 17.6 Å². The molecule has 0 unspecified atom stereocenters. The van der Waals surface area contributed by atoms with Gasteiger partial charge in [-0.25, -0.2) is 0 Å². The lowest BCUT2D eigenvalue weighted by molar-refractivity contribution is -0.222. The van der Waals surface area contributed by atoms with Crippen LogP contribution in [0.5, 0.6) is 0 Å². The molecule has 2 heteroatoms. The van der Waals surface area contributed by atoms with E-state index in [1.165, 1.54) is 36.8 Å². The van der Waals surface area contributed by atoms with E-state index in [9.17, 15) is 4.79 Å². The largest absolute Gasteiger partial charge is 0.299 e. The molecule has 0 N–H and O–H groups in total. The van der Waals surface area contributed by atoms with Gasteiger partial charge in [-0.3, -0.25) is 9.78 Å². The summed E-state index contributed by atoms with van der Waals surface area (Å²) in [4.78, 5) is 18.3. The third-order valence-electron chi connectivity index (χ3n) is 11.6. The number of hydrogen-bond donors (Lipinski definition) is 0. The molecule has 30 heavy (non-hydrogen) atoms. The first-order valence-electron chi connectivity index (χ1n) is 12.2. The number of allylic oxidation sites excluding steroid dienone is 2. The first kappa shape index (κ1) is 20.5. The summed E-state index contributed by atoms with van der Waals surface area (Å²) in [6, 6.07) is 4.28. The highest BCUT2D eigenvalue weighted by molar-refractivity contribution is 5.87. The minimum Gasteiger partial charge on any atom is -0.299 e.